The molecule has 5 nitrogen and oxygen atoms in total. The SMILES string of the molecule is O=C(O)c1ccc(-c2nnc(-c3cc#ccc3C(F)(F)F)o2)cc1. The Labute approximate surface area is 133 Å². The summed E-state index contributed by atoms with van der Waals surface area (Å²) in [4.78, 5) is 10.8. The minimum atomic E-state index is -4.60. The van der Waals surface area contributed by atoms with Gasteiger partial charge >= 0.3 is 12.1 Å². The average Bonchev–Trinajstić information content (AvgIpc) is 3.04. The molecular weight excluding hydrogens is 325 g/mol. The van der Waals surface area contributed by atoms with Crippen LogP contribution in [0.1, 0.15) is 15.9 Å². The van der Waals surface area contributed by atoms with E-state index in [2.05, 4.69) is 22.3 Å². The zero-order chi connectivity index (χ0) is 17.3. The van der Waals surface area contributed by atoms with E-state index in [0.717, 1.165) is 12.1 Å². The number of aromatic carboxylic acids is 1. The number of hydrogen-bond acceptors (Lipinski definition) is 4. The van der Waals surface area contributed by atoms with Gasteiger partial charge in [0.25, 0.3) is 0 Å². The van der Waals surface area contributed by atoms with Crippen LogP contribution in [0.25, 0.3) is 22.9 Å². The van der Waals surface area contributed by atoms with Crippen LogP contribution in [-0.2, 0) is 6.18 Å². The molecule has 8 heteroatoms. The van der Waals surface area contributed by atoms with Gasteiger partial charge in [-0.05, 0) is 24.3 Å². The molecule has 0 aliphatic heterocycles. The molecule has 1 aromatic heterocycles. The fourth-order valence-electron chi connectivity index (χ4n) is 2.00. The molecule has 24 heavy (non-hydrogen) atoms. The Kier molecular flexibility index (Phi) is 3.69. The summed E-state index contributed by atoms with van der Waals surface area (Å²) in [6.07, 6.45) is -4.60. The molecule has 0 atom stereocenters. The number of aromatic nitrogens is 2. The molecule has 0 bridgehead atoms. The minimum Gasteiger partial charge on any atom is -0.478 e. The number of benzene rings is 1. The van der Waals surface area contributed by atoms with Gasteiger partial charge in [-0.1, -0.05) is 12.1 Å². The topological polar surface area (TPSA) is 76.2 Å². The number of halogens is 3. The number of carboxylic acid groups (broad SMARTS) is 1. The summed E-state index contributed by atoms with van der Waals surface area (Å²) in [5, 5.41) is 16.2. The van der Waals surface area contributed by atoms with Crippen LogP contribution in [0.15, 0.2) is 40.8 Å². The van der Waals surface area contributed by atoms with E-state index >= 15 is 0 Å². The predicted octanol–water partition coefficient (Wildman–Crippen LogP) is 3.72. The van der Waals surface area contributed by atoms with Crippen molar-refractivity contribution in [2.24, 2.45) is 0 Å². The molecule has 2 aromatic carbocycles. The fraction of sp³-hybridized carbons (Fsp3) is 0.0625. The normalized spacial score (nSPS) is 11.1. The van der Waals surface area contributed by atoms with Crippen molar-refractivity contribution in [2.45, 2.75) is 6.18 Å². The van der Waals surface area contributed by atoms with Crippen molar-refractivity contribution in [1.29, 1.82) is 0 Å². The third kappa shape index (κ3) is 2.92. The number of alkyl halides is 3. The zero-order valence-corrected chi connectivity index (χ0v) is 11.8. The van der Waals surface area contributed by atoms with Crippen LogP contribution in [0.3, 0.4) is 0 Å². The molecular formula is C16H7F3N2O3. The second kappa shape index (κ2) is 5.70. The van der Waals surface area contributed by atoms with Gasteiger partial charge in [-0.3, -0.25) is 0 Å². The highest BCUT2D eigenvalue weighted by atomic mass is 19.4. The molecule has 0 aliphatic carbocycles. The van der Waals surface area contributed by atoms with Gasteiger partial charge in [0.1, 0.15) is 0 Å². The lowest BCUT2D eigenvalue weighted by atomic mass is 10.1. The van der Waals surface area contributed by atoms with Crippen LogP contribution in [0.4, 0.5) is 13.2 Å². The molecule has 1 N–H and O–H groups in total. The summed E-state index contributed by atoms with van der Waals surface area (Å²) >= 11 is 0. The van der Waals surface area contributed by atoms with Gasteiger partial charge in [0.05, 0.1) is 16.7 Å². The highest BCUT2D eigenvalue weighted by molar-refractivity contribution is 5.88. The molecule has 0 fully saturated rings. The van der Waals surface area contributed by atoms with Crippen molar-refractivity contribution in [3.63, 3.8) is 0 Å². The largest absolute Gasteiger partial charge is 0.478 e. The van der Waals surface area contributed by atoms with E-state index in [1.54, 1.807) is 0 Å². The van der Waals surface area contributed by atoms with E-state index < -0.39 is 17.7 Å². The van der Waals surface area contributed by atoms with Crippen LogP contribution >= 0.6 is 0 Å². The first kappa shape index (κ1) is 15.6. The van der Waals surface area contributed by atoms with Gasteiger partial charge < -0.3 is 9.52 Å². The first-order valence-corrected chi connectivity index (χ1v) is 6.53. The fourth-order valence-corrected chi connectivity index (χ4v) is 2.00. The monoisotopic (exact) mass is 332 g/mol. The maximum absolute atomic E-state index is 13.0. The minimum absolute atomic E-state index is 0.0251. The molecule has 3 aromatic rings. The lowest BCUT2D eigenvalue weighted by Crippen LogP contribution is -2.06. The van der Waals surface area contributed by atoms with Crippen molar-refractivity contribution in [3.8, 4) is 22.9 Å². The predicted molar refractivity (Wildman–Crippen MR) is 74.8 cm³/mol. The first-order valence-electron chi connectivity index (χ1n) is 6.53. The quantitative estimate of drug-likeness (QED) is 0.791. The van der Waals surface area contributed by atoms with Crippen molar-refractivity contribution < 1.29 is 27.5 Å². The summed E-state index contributed by atoms with van der Waals surface area (Å²) in [5.74, 6) is -1.44. The third-order valence-electron chi connectivity index (χ3n) is 3.15. The maximum Gasteiger partial charge on any atom is 0.417 e. The molecule has 0 radical (unpaired) electrons. The number of nitrogens with zero attached hydrogens (tertiary/aromatic N) is 2. The van der Waals surface area contributed by atoms with Gasteiger partial charge in [0.2, 0.25) is 11.8 Å². The summed E-state index contributed by atoms with van der Waals surface area (Å²) < 4.78 is 44.3. The van der Waals surface area contributed by atoms with Gasteiger partial charge in [0.15, 0.2) is 0 Å². The molecule has 0 saturated carbocycles. The van der Waals surface area contributed by atoms with Crippen LogP contribution < -0.4 is 0 Å². The second-order valence-corrected chi connectivity index (χ2v) is 4.70. The van der Waals surface area contributed by atoms with Gasteiger partial charge in [-0.25, -0.2) is 4.79 Å². The first-order chi connectivity index (χ1) is 11.4. The van der Waals surface area contributed by atoms with Crippen molar-refractivity contribution in [3.05, 3.63) is 59.7 Å². The molecule has 1 heterocycles. The molecule has 0 amide bonds. The van der Waals surface area contributed by atoms with Crippen molar-refractivity contribution >= 4 is 5.97 Å². The van der Waals surface area contributed by atoms with Crippen molar-refractivity contribution in [1.82, 2.24) is 10.2 Å². The second-order valence-electron chi connectivity index (χ2n) is 4.70. The lowest BCUT2D eigenvalue weighted by Gasteiger charge is -2.07. The Hall–Kier alpha value is -3.34. The average molecular weight is 332 g/mol. The summed E-state index contributed by atoms with van der Waals surface area (Å²) in [5.41, 5.74) is -0.815. The lowest BCUT2D eigenvalue weighted by molar-refractivity contribution is -0.137. The number of carboxylic acids is 1. The Balaban J connectivity index is 1.99. The highest BCUT2D eigenvalue weighted by Crippen LogP contribution is 2.36. The van der Waals surface area contributed by atoms with Crippen LogP contribution in [0.2, 0.25) is 0 Å². The van der Waals surface area contributed by atoms with Gasteiger partial charge in [0, 0.05) is 17.7 Å². The van der Waals surface area contributed by atoms with Gasteiger partial charge in [-0.2, -0.15) is 13.2 Å². The van der Waals surface area contributed by atoms with E-state index in [0.29, 0.717) is 5.56 Å². The smallest absolute Gasteiger partial charge is 0.417 e. The van der Waals surface area contributed by atoms with E-state index in [9.17, 15) is 18.0 Å². The summed E-state index contributed by atoms with van der Waals surface area (Å²) in [6, 6.07) is 12.0. The zero-order valence-electron chi connectivity index (χ0n) is 11.8. The van der Waals surface area contributed by atoms with Gasteiger partial charge in [-0.15, -0.1) is 10.2 Å². The third-order valence-corrected chi connectivity index (χ3v) is 3.15. The van der Waals surface area contributed by atoms with E-state index in [1.165, 1.54) is 24.3 Å². The Morgan fingerprint density at radius 1 is 1.04 bits per heavy atom. The molecule has 120 valence electrons. The molecule has 3 rings (SSSR count). The molecule has 0 aliphatic rings. The summed E-state index contributed by atoms with van der Waals surface area (Å²) in [6.45, 7) is 0. The number of hydrogen-bond donors (Lipinski definition) is 1. The van der Waals surface area contributed by atoms with E-state index in [4.69, 9.17) is 9.52 Å². The molecule has 0 spiro atoms. The molecule has 0 unspecified atom stereocenters. The highest BCUT2D eigenvalue weighted by Gasteiger charge is 2.35. The van der Waals surface area contributed by atoms with Crippen LogP contribution in [-0.4, -0.2) is 21.3 Å². The van der Waals surface area contributed by atoms with Crippen LogP contribution in [0, 0.1) is 12.1 Å². The maximum atomic E-state index is 13.0. The van der Waals surface area contributed by atoms with E-state index in [1.807, 2.05) is 0 Å². The summed E-state index contributed by atoms with van der Waals surface area (Å²) in [7, 11) is 0. The number of carbonyl (C=O) groups is 1. The van der Waals surface area contributed by atoms with E-state index in [-0.39, 0.29) is 22.9 Å². The number of rotatable bonds is 3. The Morgan fingerprint density at radius 3 is 2.29 bits per heavy atom. The van der Waals surface area contributed by atoms with Crippen LogP contribution in [0.5, 0.6) is 0 Å². The Bertz CT molecular complexity index is 886. The standard InChI is InChI=1S/C16H7F3N2O3/c17-16(18,19)12-4-2-1-3-11(12)14-21-20-13(24-14)9-5-7-10(8-6-9)15(22)23/h3-8H,(H,22,23). The molecule has 0 saturated heterocycles. The Morgan fingerprint density at radius 2 is 1.67 bits per heavy atom. The van der Waals surface area contributed by atoms with Crippen molar-refractivity contribution in [2.75, 3.05) is 0 Å².